The molecular formula is C13H19ClN2O. The monoisotopic (exact) mass is 254 g/mol. The average molecular weight is 255 g/mol. The Morgan fingerprint density at radius 2 is 2.06 bits per heavy atom. The van der Waals surface area contributed by atoms with Gasteiger partial charge in [0.2, 0.25) is 5.91 Å². The van der Waals surface area contributed by atoms with Gasteiger partial charge in [0.05, 0.1) is 5.54 Å². The SMILES string of the molecule is Cc1cccc(N(C)C(=O)C2(N)CCC2)c1.Cl. The zero-order valence-electron chi connectivity index (χ0n) is 10.3. The predicted octanol–water partition coefficient (Wildman–Crippen LogP) is 2.26. The first-order valence-corrected chi connectivity index (χ1v) is 5.67. The summed E-state index contributed by atoms with van der Waals surface area (Å²) in [7, 11) is 1.80. The largest absolute Gasteiger partial charge is 0.317 e. The van der Waals surface area contributed by atoms with Gasteiger partial charge in [0.15, 0.2) is 0 Å². The second-order valence-corrected chi connectivity index (χ2v) is 4.71. The van der Waals surface area contributed by atoms with Crippen molar-refractivity contribution in [2.45, 2.75) is 31.7 Å². The molecule has 1 aliphatic rings. The van der Waals surface area contributed by atoms with Crippen molar-refractivity contribution in [3.05, 3.63) is 29.8 Å². The molecule has 0 unspecified atom stereocenters. The Bertz CT molecular complexity index is 416. The highest BCUT2D eigenvalue weighted by Gasteiger charge is 2.42. The van der Waals surface area contributed by atoms with Crippen LogP contribution in [-0.4, -0.2) is 18.5 Å². The van der Waals surface area contributed by atoms with Gasteiger partial charge in [-0.15, -0.1) is 12.4 Å². The lowest BCUT2D eigenvalue weighted by Crippen LogP contribution is -2.59. The molecule has 0 radical (unpaired) electrons. The van der Waals surface area contributed by atoms with Crippen LogP contribution in [0.2, 0.25) is 0 Å². The molecule has 1 saturated carbocycles. The van der Waals surface area contributed by atoms with E-state index in [1.54, 1.807) is 11.9 Å². The quantitative estimate of drug-likeness (QED) is 0.880. The molecule has 2 N–H and O–H groups in total. The van der Waals surface area contributed by atoms with E-state index < -0.39 is 5.54 Å². The molecule has 1 fully saturated rings. The molecule has 1 aliphatic carbocycles. The van der Waals surface area contributed by atoms with Crippen LogP contribution in [0.25, 0.3) is 0 Å². The fraction of sp³-hybridized carbons (Fsp3) is 0.462. The van der Waals surface area contributed by atoms with Crippen LogP contribution in [0.15, 0.2) is 24.3 Å². The van der Waals surface area contributed by atoms with E-state index in [4.69, 9.17) is 5.73 Å². The number of carbonyl (C=O) groups is 1. The van der Waals surface area contributed by atoms with E-state index >= 15 is 0 Å². The number of halogens is 1. The average Bonchev–Trinajstić information content (AvgIpc) is 2.24. The molecule has 4 heteroatoms. The normalized spacial score (nSPS) is 16.6. The topological polar surface area (TPSA) is 46.3 Å². The zero-order chi connectivity index (χ0) is 11.8. The van der Waals surface area contributed by atoms with Crippen LogP contribution in [0.5, 0.6) is 0 Å². The Kier molecular flexibility index (Phi) is 4.17. The van der Waals surface area contributed by atoms with Crippen molar-refractivity contribution in [3.8, 4) is 0 Å². The minimum atomic E-state index is -0.613. The molecule has 0 aliphatic heterocycles. The van der Waals surface area contributed by atoms with Crippen molar-refractivity contribution in [1.29, 1.82) is 0 Å². The molecule has 3 nitrogen and oxygen atoms in total. The van der Waals surface area contributed by atoms with Gasteiger partial charge in [0.25, 0.3) is 0 Å². The molecule has 1 amide bonds. The summed E-state index contributed by atoms with van der Waals surface area (Å²) in [5, 5.41) is 0. The van der Waals surface area contributed by atoms with Crippen molar-refractivity contribution >= 4 is 24.0 Å². The van der Waals surface area contributed by atoms with Crippen molar-refractivity contribution < 1.29 is 4.79 Å². The molecule has 94 valence electrons. The highest BCUT2D eigenvalue weighted by molar-refractivity contribution is 6.00. The highest BCUT2D eigenvalue weighted by Crippen LogP contribution is 2.32. The van der Waals surface area contributed by atoms with Crippen LogP contribution in [0.4, 0.5) is 5.69 Å². The third-order valence-electron chi connectivity index (χ3n) is 3.37. The highest BCUT2D eigenvalue weighted by atomic mass is 35.5. The van der Waals surface area contributed by atoms with Gasteiger partial charge < -0.3 is 10.6 Å². The number of likely N-dealkylation sites (N-methyl/N-ethyl adjacent to an activating group) is 1. The number of hydrogen-bond acceptors (Lipinski definition) is 2. The molecule has 0 bridgehead atoms. The van der Waals surface area contributed by atoms with Gasteiger partial charge in [-0.3, -0.25) is 4.79 Å². The van der Waals surface area contributed by atoms with Crippen molar-refractivity contribution in [2.75, 3.05) is 11.9 Å². The van der Waals surface area contributed by atoms with Gasteiger partial charge in [0.1, 0.15) is 0 Å². The first-order chi connectivity index (χ1) is 7.53. The number of nitrogens with zero attached hydrogens (tertiary/aromatic N) is 1. The Hall–Kier alpha value is -1.06. The second-order valence-electron chi connectivity index (χ2n) is 4.71. The van der Waals surface area contributed by atoms with Crippen LogP contribution in [-0.2, 0) is 4.79 Å². The van der Waals surface area contributed by atoms with E-state index in [-0.39, 0.29) is 18.3 Å². The van der Waals surface area contributed by atoms with Crippen LogP contribution in [0, 0.1) is 6.92 Å². The van der Waals surface area contributed by atoms with Crippen molar-refractivity contribution in [2.24, 2.45) is 5.73 Å². The van der Waals surface area contributed by atoms with Crippen molar-refractivity contribution in [1.82, 2.24) is 0 Å². The first-order valence-electron chi connectivity index (χ1n) is 5.67. The fourth-order valence-electron chi connectivity index (χ4n) is 2.06. The Labute approximate surface area is 108 Å². The maximum absolute atomic E-state index is 12.2. The summed E-state index contributed by atoms with van der Waals surface area (Å²) in [5.74, 6) is 0.0318. The molecule has 0 atom stereocenters. The number of aryl methyl sites for hydroxylation is 1. The number of carbonyl (C=O) groups excluding carboxylic acids is 1. The summed E-state index contributed by atoms with van der Waals surface area (Å²) >= 11 is 0. The standard InChI is InChI=1S/C13H18N2O.ClH/c1-10-5-3-6-11(9-10)15(2)12(16)13(14)7-4-8-13;/h3,5-6,9H,4,7-8,14H2,1-2H3;1H. The molecule has 0 saturated heterocycles. The van der Waals surface area contributed by atoms with Gasteiger partial charge in [0, 0.05) is 12.7 Å². The van der Waals surface area contributed by atoms with Gasteiger partial charge in [-0.05, 0) is 43.9 Å². The number of nitrogens with two attached hydrogens (primary N) is 1. The summed E-state index contributed by atoms with van der Waals surface area (Å²) in [6, 6.07) is 7.91. The summed E-state index contributed by atoms with van der Waals surface area (Å²) in [4.78, 5) is 13.8. The number of anilines is 1. The second kappa shape index (κ2) is 5.07. The number of benzene rings is 1. The summed E-state index contributed by atoms with van der Waals surface area (Å²) < 4.78 is 0. The van der Waals surface area contributed by atoms with Crippen LogP contribution in [0.1, 0.15) is 24.8 Å². The zero-order valence-corrected chi connectivity index (χ0v) is 11.1. The minimum absolute atomic E-state index is 0. The van der Waals surface area contributed by atoms with Crippen LogP contribution < -0.4 is 10.6 Å². The minimum Gasteiger partial charge on any atom is -0.317 e. The molecule has 0 aromatic heterocycles. The number of hydrogen-bond donors (Lipinski definition) is 1. The predicted molar refractivity (Wildman–Crippen MR) is 72.6 cm³/mol. The Morgan fingerprint density at radius 3 is 2.53 bits per heavy atom. The van der Waals surface area contributed by atoms with Gasteiger partial charge >= 0.3 is 0 Å². The van der Waals surface area contributed by atoms with Gasteiger partial charge in [-0.25, -0.2) is 0 Å². The van der Waals surface area contributed by atoms with E-state index in [9.17, 15) is 4.79 Å². The maximum atomic E-state index is 12.2. The lowest BCUT2D eigenvalue weighted by Gasteiger charge is -2.39. The number of amides is 1. The molecule has 2 rings (SSSR count). The summed E-state index contributed by atoms with van der Waals surface area (Å²) in [5.41, 5.74) is 7.49. The van der Waals surface area contributed by atoms with Crippen LogP contribution in [0.3, 0.4) is 0 Å². The van der Waals surface area contributed by atoms with Crippen LogP contribution >= 0.6 is 12.4 Å². The fourth-order valence-corrected chi connectivity index (χ4v) is 2.06. The van der Waals surface area contributed by atoms with E-state index in [1.165, 1.54) is 0 Å². The third-order valence-corrected chi connectivity index (χ3v) is 3.37. The first kappa shape index (κ1) is 14.0. The molecular weight excluding hydrogens is 236 g/mol. The van der Waals surface area contributed by atoms with Gasteiger partial charge in [-0.2, -0.15) is 0 Å². The summed E-state index contributed by atoms with van der Waals surface area (Å²) in [6.07, 6.45) is 2.67. The molecule has 17 heavy (non-hydrogen) atoms. The van der Waals surface area contributed by atoms with E-state index in [2.05, 4.69) is 0 Å². The molecule has 0 heterocycles. The van der Waals surface area contributed by atoms with Gasteiger partial charge in [-0.1, -0.05) is 12.1 Å². The van der Waals surface area contributed by atoms with E-state index in [0.717, 1.165) is 30.5 Å². The maximum Gasteiger partial charge on any atom is 0.246 e. The molecule has 0 spiro atoms. The molecule has 1 aromatic rings. The van der Waals surface area contributed by atoms with E-state index in [0.29, 0.717) is 0 Å². The van der Waals surface area contributed by atoms with E-state index in [1.807, 2.05) is 31.2 Å². The summed E-state index contributed by atoms with van der Waals surface area (Å²) in [6.45, 7) is 2.02. The lowest BCUT2D eigenvalue weighted by atomic mass is 9.76. The Balaban J connectivity index is 0.00000144. The Morgan fingerprint density at radius 1 is 1.41 bits per heavy atom. The number of rotatable bonds is 2. The smallest absolute Gasteiger partial charge is 0.246 e. The lowest BCUT2D eigenvalue weighted by molar-refractivity contribution is -0.126. The third kappa shape index (κ3) is 2.61. The van der Waals surface area contributed by atoms with Crippen molar-refractivity contribution in [3.63, 3.8) is 0 Å². The molecule has 1 aromatic carbocycles.